The van der Waals surface area contributed by atoms with Crippen LogP contribution < -0.4 is 0 Å². The third-order valence-corrected chi connectivity index (χ3v) is 6.49. The Morgan fingerprint density at radius 1 is 1.21 bits per heavy atom. The van der Waals surface area contributed by atoms with Crippen LogP contribution in [0.3, 0.4) is 0 Å². The average molecular weight is 332 g/mol. The van der Waals surface area contributed by atoms with E-state index in [2.05, 4.69) is 16.1 Å². The lowest BCUT2D eigenvalue weighted by Crippen LogP contribution is -2.41. The number of hydrogen-bond acceptors (Lipinski definition) is 4. The van der Waals surface area contributed by atoms with Gasteiger partial charge < -0.3 is 9.63 Å². The highest BCUT2D eigenvalue weighted by Gasteiger charge is 2.38. The fourth-order valence-electron chi connectivity index (χ4n) is 4.62. The first-order valence-electron chi connectivity index (χ1n) is 9.52. The van der Waals surface area contributed by atoms with E-state index < -0.39 is 5.97 Å². The van der Waals surface area contributed by atoms with Gasteiger partial charge in [-0.25, -0.2) is 0 Å². The minimum absolute atomic E-state index is 0.359. The highest BCUT2D eigenvalue weighted by Crippen LogP contribution is 2.47. The number of carbonyl (C=O) groups is 1. The second-order valence-electron chi connectivity index (χ2n) is 8.31. The summed E-state index contributed by atoms with van der Waals surface area (Å²) < 4.78 is 5.46. The number of carboxylic acid groups (broad SMARTS) is 1. The largest absolute Gasteiger partial charge is 0.481 e. The SMILES string of the molecule is O=C(O)CC1CCC2(CC1)CCN(Cc1cc(C3CC3)on1)CC2. The Hall–Kier alpha value is -1.36. The summed E-state index contributed by atoms with van der Waals surface area (Å²) >= 11 is 0. The normalized spacial score (nSPS) is 25.2. The minimum atomic E-state index is -0.635. The zero-order valence-corrected chi connectivity index (χ0v) is 14.4. The smallest absolute Gasteiger partial charge is 0.303 e. The van der Waals surface area contributed by atoms with Gasteiger partial charge in [0, 0.05) is 24.9 Å². The van der Waals surface area contributed by atoms with Crippen molar-refractivity contribution in [1.82, 2.24) is 10.1 Å². The summed E-state index contributed by atoms with van der Waals surface area (Å²) in [7, 11) is 0. The van der Waals surface area contributed by atoms with Crippen LogP contribution >= 0.6 is 0 Å². The highest BCUT2D eigenvalue weighted by molar-refractivity contribution is 5.67. The molecule has 3 aliphatic rings. The van der Waals surface area contributed by atoms with Gasteiger partial charge in [0.2, 0.25) is 0 Å². The molecule has 1 aromatic heterocycles. The van der Waals surface area contributed by atoms with Crippen LogP contribution in [0.1, 0.15) is 75.2 Å². The van der Waals surface area contributed by atoms with Gasteiger partial charge >= 0.3 is 5.97 Å². The van der Waals surface area contributed by atoms with Crippen molar-refractivity contribution in [2.24, 2.45) is 11.3 Å². The Morgan fingerprint density at radius 3 is 2.54 bits per heavy atom. The third-order valence-electron chi connectivity index (χ3n) is 6.49. The first-order chi connectivity index (χ1) is 11.6. The van der Waals surface area contributed by atoms with E-state index in [9.17, 15) is 4.79 Å². The lowest BCUT2D eigenvalue weighted by atomic mass is 9.65. The lowest BCUT2D eigenvalue weighted by molar-refractivity contribution is -0.138. The molecule has 1 saturated heterocycles. The lowest BCUT2D eigenvalue weighted by Gasteiger charge is -2.45. The molecule has 0 bridgehead atoms. The van der Waals surface area contributed by atoms with Crippen LogP contribution in [0.4, 0.5) is 0 Å². The molecule has 3 fully saturated rings. The Morgan fingerprint density at radius 2 is 1.92 bits per heavy atom. The van der Waals surface area contributed by atoms with Crippen molar-refractivity contribution in [3.63, 3.8) is 0 Å². The maximum absolute atomic E-state index is 10.9. The first-order valence-corrected chi connectivity index (χ1v) is 9.52. The molecule has 132 valence electrons. The molecule has 0 atom stereocenters. The molecule has 5 heteroatoms. The molecule has 5 nitrogen and oxygen atoms in total. The van der Waals surface area contributed by atoms with Gasteiger partial charge in [0.1, 0.15) is 5.76 Å². The highest BCUT2D eigenvalue weighted by atomic mass is 16.5. The van der Waals surface area contributed by atoms with Crippen molar-refractivity contribution in [2.45, 2.75) is 70.3 Å². The molecule has 0 radical (unpaired) electrons. The van der Waals surface area contributed by atoms with Crippen molar-refractivity contribution in [1.29, 1.82) is 0 Å². The van der Waals surface area contributed by atoms with Crippen molar-refractivity contribution in [3.8, 4) is 0 Å². The summed E-state index contributed by atoms with van der Waals surface area (Å²) in [5, 5.41) is 13.2. The van der Waals surface area contributed by atoms with Gasteiger partial charge in [0.15, 0.2) is 0 Å². The molecule has 4 rings (SSSR count). The topological polar surface area (TPSA) is 66.6 Å². The Kier molecular flexibility index (Phi) is 4.37. The predicted octanol–water partition coefficient (Wildman–Crippen LogP) is 3.80. The van der Waals surface area contributed by atoms with E-state index in [4.69, 9.17) is 9.63 Å². The summed E-state index contributed by atoms with van der Waals surface area (Å²) in [6.07, 6.45) is 10.00. The van der Waals surface area contributed by atoms with Crippen molar-refractivity contribution >= 4 is 5.97 Å². The number of likely N-dealkylation sites (tertiary alicyclic amines) is 1. The molecule has 24 heavy (non-hydrogen) atoms. The molecule has 2 saturated carbocycles. The summed E-state index contributed by atoms with van der Waals surface area (Å²) in [6.45, 7) is 3.18. The van der Waals surface area contributed by atoms with Gasteiger partial charge in [-0.05, 0) is 75.8 Å². The summed E-state index contributed by atoms with van der Waals surface area (Å²) in [5.74, 6) is 1.48. The van der Waals surface area contributed by atoms with Crippen molar-refractivity contribution in [2.75, 3.05) is 13.1 Å². The van der Waals surface area contributed by atoms with Crippen LogP contribution in [-0.2, 0) is 11.3 Å². The number of hydrogen-bond donors (Lipinski definition) is 1. The van der Waals surface area contributed by atoms with Crippen LogP contribution in [0.15, 0.2) is 10.6 Å². The average Bonchev–Trinajstić information content (AvgIpc) is 3.32. The van der Waals surface area contributed by atoms with Crippen LogP contribution in [-0.4, -0.2) is 34.2 Å². The Bertz CT molecular complexity index is 575. The van der Waals surface area contributed by atoms with Gasteiger partial charge in [0.25, 0.3) is 0 Å². The Labute approximate surface area is 143 Å². The molecule has 1 spiro atoms. The number of aliphatic carboxylic acids is 1. The maximum Gasteiger partial charge on any atom is 0.303 e. The van der Waals surface area contributed by atoms with Crippen LogP contribution in [0.5, 0.6) is 0 Å². The Balaban J connectivity index is 1.25. The van der Waals surface area contributed by atoms with Crippen molar-refractivity contribution in [3.05, 3.63) is 17.5 Å². The number of rotatable bonds is 5. The fraction of sp³-hybridized carbons (Fsp3) is 0.789. The number of piperidine rings is 1. The number of carboxylic acids is 1. The van der Waals surface area contributed by atoms with E-state index in [0.29, 0.717) is 23.7 Å². The molecule has 0 amide bonds. The molecule has 0 unspecified atom stereocenters. The van der Waals surface area contributed by atoms with E-state index in [1.165, 1.54) is 38.5 Å². The first kappa shape index (κ1) is 16.1. The molecule has 2 aliphatic carbocycles. The summed E-state index contributed by atoms with van der Waals surface area (Å²) in [6, 6.07) is 2.15. The van der Waals surface area contributed by atoms with Crippen LogP contribution in [0.25, 0.3) is 0 Å². The number of aromatic nitrogens is 1. The molecule has 1 aromatic rings. The molecule has 0 aromatic carbocycles. The van der Waals surface area contributed by atoms with Gasteiger partial charge in [-0.3, -0.25) is 9.69 Å². The number of nitrogens with zero attached hydrogens (tertiary/aromatic N) is 2. The van der Waals surface area contributed by atoms with Gasteiger partial charge in [0.05, 0.1) is 5.69 Å². The van der Waals surface area contributed by atoms with E-state index in [1.54, 1.807) is 0 Å². The molecular formula is C19H28N2O3. The second-order valence-corrected chi connectivity index (χ2v) is 8.31. The van der Waals surface area contributed by atoms with Gasteiger partial charge in [-0.2, -0.15) is 0 Å². The third kappa shape index (κ3) is 3.66. The minimum Gasteiger partial charge on any atom is -0.481 e. The van der Waals surface area contributed by atoms with Crippen molar-refractivity contribution < 1.29 is 14.4 Å². The molecule has 2 heterocycles. The fourth-order valence-corrected chi connectivity index (χ4v) is 4.62. The quantitative estimate of drug-likeness (QED) is 0.888. The van der Waals surface area contributed by atoms with Gasteiger partial charge in [-0.15, -0.1) is 0 Å². The van der Waals surface area contributed by atoms with E-state index >= 15 is 0 Å². The standard InChI is InChI=1S/C19H28N2O3/c22-18(23)11-14-3-5-19(6-4-14)7-9-21(10-8-19)13-16-12-17(24-20-16)15-1-2-15/h12,14-15H,1-11,13H2,(H,22,23). The van der Waals surface area contributed by atoms with E-state index in [0.717, 1.165) is 43.9 Å². The van der Waals surface area contributed by atoms with Crippen LogP contribution in [0, 0.1) is 11.3 Å². The van der Waals surface area contributed by atoms with E-state index in [-0.39, 0.29) is 0 Å². The predicted molar refractivity (Wildman–Crippen MR) is 89.6 cm³/mol. The maximum atomic E-state index is 10.9. The van der Waals surface area contributed by atoms with Crippen LogP contribution in [0.2, 0.25) is 0 Å². The summed E-state index contributed by atoms with van der Waals surface area (Å²) in [4.78, 5) is 13.4. The molecule has 1 N–H and O–H groups in total. The summed E-state index contributed by atoms with van der Waals surface area (Å²) in [5.41, 5.74) is 1.56. The zero-order chi connectivity index (χ0) is 16.6. The van der Waals surface area contributed by atoms with E-state index in [1.807, 2.05) is 0 Å². The van der Waals surface area contributed by atoms with Gasteiger partial charge in [-0.1, -0.05) is 5.16 Å². The second kappa shape index (κ2) is 6.51. The zero-order valence-electron chi connectivity index (χ0n) is 14.4. The molecule has 1 aliphatic heterocycles. The molecular weight excluding hydrogens is 304 g/mol. The monoisotopic (exact) mass is 332 g/mol.